The van der Waals surface area contributed by atoms with Crippen LogP contribution in [0.15, 0.2) is 12.4 Å². The van der Waals surface area contributed by atoms with Crippen molar-refractivity contribution in [3.63, 3.8) is 0 Å². The molecule has 88 valence electrons. The highest BCUT2D eigenvalue weighted by atomic mass is 35.5. The molecule has 2 heterocycles. The molecule has 0 unspecified atom stereocenters. The molecule has 2 rings (SSSR count). The van der Waals surface area contributed by atoms with Gasteiger partial charge >= 0.3 is 0 Å². The van der Waals surface area contributed by atoms with Gasteiger partial charge in [-0.05, 0) is 0 Å². The van der Waals surface area contributed by atoms with Gasteiger partial charge in [0, 0.05) is 45.0 Å². The van der Waals surface area contributed by atoms with Gasteiger partial charge in [0.2, 0.25) is 0 Å². The zero-order chi connectivity index (χ0) is 11.4. The predicted molar refractivity (Wildman–Crippen MR) is 60.5 cm³/mol. The number of nitrogens with one attached hydrogen (secondary N) is 1. The molecule has 1 aliphatic rings. The zero-order valence-electron chi connectivity index (χ0n) is 8.82. The lowest BCUT2D eigenvalue weighted by molar-refractivity contribution is -0.0543. The molecule has 0 aromatic carbocycles. The Kier molecular flexibility index (Phi) is 3.58. The van der Waals surface area contributed by atoms with Crippen molar-refractivity contribution in [3.05, 3.63) is 17.5 Å². The van der Waals surface area contributed by atoms with E-state index >= 15 is 0 Å². The summed E-state index contributed by atoms with van der Waals surface area (Å²) in [7, 11) is 0. The maximum Gasteiger partial charge on any atom is 0.171 e. The maximum absolute atomic E-state index is 10.2. The van der Waals surface area contributed by atoms with Crippen LogP contribution in [-0.4, -0.2) is 40.4 Å². The third kappa shape index (κ3) is 2.81. The number of hydrogen-bond acceptors (Lipinski definition) is 5. The molecule has 1 saturated heterocycles. The summed E-state index contributed by atoms with van der Waals surface area (Å²) in [6.07, 6.45) is 4.33. The molecule has 5 nitrogen and oxygen atoms in total. The molecule has 1 fully saturated rings. The summed E-state index contributed by atoms with van der Waals surface area (Å²) in [5, 5.41) is 13.5. The van der Waals surface area contributed by atoms with Crippen molar-refractivity contribution in [1.82, 2.24) is 9.97 Å². The third-order valence-electron chi connectivity index (χ3n) is 2.66. The molecule has 0 aliphatic carbocycles. The normalized spacial score (nSPS) is 19.4. The van der Waals surface area contributed by atoms with Gasteiger partial charge in [0.1, 0.15) is 0 Å². The van der Waals surface area contributed by atoms with Crippen molar-refractivity contribution in [2.75, 3.05) is 25.1 Å². The van der Waals surface area contributed by atoms with Crippen LogP contribution in [-0.2, 0) is 4.74 Å². The lowest BCUT2D eigenvalue weighted by Gasteiger charge is -2.32. The number of anilines is 1. The van der Waals surface area contributed by atoms with Gasteiger partial charge in [0.25, 0.3) is 0 Å². The SMILES string of the molecule is OC1(CNc2nccnc2Cl)CCOCC1. The Morgan fingerprint density at radius 3 is 2.75 bits per heavy atom. The molecule has 0 spiro atoms. The van der Waals surface area contributed by atoms with Crippen LogP contribution in [0.2, 0.25) is 5.15 Å². The number of hydrogen-bond donors (Lipinski definition) is 2. The van der Waals surface area contributed by atoms with Gasteiger partial charge in [0.05, 0.1) is 5.60 Å². The minimum absolute atomic E-state index is 0.318. The number of ether oxygens (including phenoxy) is 1. The molecule has 2 N–H and O–H groups in total. The summed E-state index contributed by atoms with van der Waals surface area (Å²) in [6.45, 7) is 1.59. The number of halogens is 1. The Morgan fingerprint density at radius 1 is 1.38 bits per heavy atom. The summed E-state index contributed by atoms with van der Waals surface area (Å²) >= 11 is 5.84. The Balaban J connectivity index is 1.94. The van der Waals surface area contributed by atoms with Gasteiger partial charge in [-0.1, -0.05) is 11.6 Å². The standard InChI is InChI=1S/C10H14ClN3O2/c11-8-9(13-4-3-12-8)14-7-10(15)1-5-16-6-2-10/h3-4,15H,1-2,5-7H2,(H,13,14). The lowest BCUT2D eigenvalue weighted by Crippen LogP contribution is -2.42. The van der Waals surface area contributed by atoms with Gasteiger partial charge in [-0.2, -0.15) is 0 Å². The Labute approximate surface area is 98.8 Å². The lowest BCUT2D eigenvalue weighted by atomic mass is 9.94. The van der Waals surface area contributed by atoms with Crippen molar-refractivity contribution in [1.29, 1.82) is 0 Å². The van der Waals surface area contributed by atoms with Gasteiger partial charge in [-0.15, -0.1) is 0 Å². The smallest absolute Gasteiger partial charge is 0.171 e. The van der Waals surface area contributed by atoms with Gasteiger partial charge in [-0.25, -0.2) is 9.97 Å². The second-order valence-electron chi connectivity index (χ2n) is 3.89. The molecular weight excluding hydrogens is 230 g/mol. The zero-order valence-corrected chi connectivity index (χ0v) is 9.57. The van der Waals surface area contributed by atoms with Crippen LogP contribution in [0.1, 0.15) is 12.8 Å². The molecule has 1 aromatic rings. The molecule has 0 atom stereocenters. The van der Waals surface area contributed by atoms with E-state index < -0.39 is 5.60 Å². The number of rotatable bonds is 3. The molecule has 0 radical (unpaired) electrons. The monoisotopic (exact) mass is 243 g/mol. The largest absolute Gasteiger partial charge is 0.388 e. The first-order chi connectivity index (χ1) is 7.70. The third-order valence-corrected chi connectivity index (χ3v) is 2.94. The molecular formula is C10H14ClN3O2. The van der Waals surface area contributed by atoms with Crippen LogP contribution < -0.4 is 5.32 Å². The van der Waals surface area contributed by atoms with E-state index in [0.717, 1.165) is 0 Å². The number of aliphatic hydroxyl groups is 1. The van der Waals surface area contributed by atoms with Crippen LogP contribution in [0, 0.1) is 0 Å². The van der Waals surface area contributed by atoms with Crippen LogP contribution in [0.5, 0.6) is 0 Å². The van der Waals surface area contributed by atoms with Gasteiger partial charge < -0.3 is 15.2 Å². The summed E-state index contributed by atoms with van der Waals surface area (Å²) < 4.78 is 5.20. The van der Waals surface area contributed by atoms with Gasteiger partial charge in [0.15, 0.2) is 11.0 Å². The van der Waals surface area contributed by atoms with Gasteiger partial charge in [-0.3, -0.25) is 0 Å². The Morgan fingerprint density at radius 2 is 2.06 bits per heavy atom. The quantitative estimate of drug-likeness (QED) is 0.832. The summed E-state index contributed by atoms with van der Waals surface area (Å²) in [5.41, 5.74) is -0.737. The summed E-state index contributed by atoms with van der Waals surface area (Å²) in [4.78, 5) is 7.95. The van der Waals surface area contributed by atoms with E-state index in [9.17, 15) is 5.11 Å². The first-order valence-electron chi connectivity index (χ1n) is 5.20. The van der Waals surface area contributed by atoms with E-state index in [0.29, 0.717) is 43.6 Å². The molecule has 1 aromatic heterocycles. The van der Waals surface area contributed by atoms with Crippen LogP contribution in [0.3, 0.4) is 0 Å². The minimum atomic E-state index is -0.737. The second-order valence-corrected chi connectivity index (χ2v) is 4.24. The van der Waals surface area contributed by atoms with Crippen molar-refractivity contribution in [2.45, 2.75) is 18.4 Å². The molecule has 0 saturated carbocycles. The molecule has 16 heavy (non-hydrogen) atoms. The van der Waals surface area contributed by atoms with Crippen LogP contribution in [0.4, 0.5) is 5.82 Å². The number of nitrogens with zero attached hydrogens (tertiary/aromatic N) is 2. The van der Waals surface area contributed by atoms with E-state index in [4.69, 9.17) is 16.3 Å². The predicted octanol–water partition coefficient (Wildman–Crippen LogP) is 1.08. The topological polar surface area (TPSA) is 67.3 Å². The second kappa shape index (κ2) is 4.95. The molecule has 0 amide bonds. The Hall–Kier alpha value is -0.910. The first-order valence-corrected chi connectivity index (χ1v) is 5.58. The Bertz CT molecular complexity index is 356. The van der Waals surface area contributed by atoms with Crippen LogP contribution in [0.25, 0.3) is 0 Å². The fourth-order valence-corrected chi connectivity index (χ4v) is 1.79. The van der Waals surface area contributed by atoms with Crippen molar-refractivity contribution >= 4 is 17.4 Å². The average molecular weight is 244 g/mol. The van der Waals surface area contributed by atoms with E-state index in [-0.39, 0.29) is 0 Å². The first kappa shape index (κ1) is 11.6. The van der Waals surface area contributed by atoms with E-state index in [1.807, 2.05) is 0 Å². The fraction of sp³-hybridized carbons (Fsp3) is 0.600. The molecule has 6 heteroatoms. The van der Waals surface area contributed by atoms with Crippen molar-refractivity contribution in [2.24, 2.45) is 0 Å². The fourth-order valence-electron chi connectivity index (χ4n) is 1.62. The van der Waals surface area contributed by atoms with E-state index in [1.54, 1.807) is 6.20 Å². The molecule has 0 bridgehead atoms. The highest BCUT2D eigenvalue weighted by molar-refractivity contribution is 6.31. The number of aromatic nitrogens is 2. The summed E-state index contributed by atoms with van der Waals surface area (Å²) in [5.74, 6) is 0.504. The molecule has 1 aliphatic heterocycles. The summed E-state index contributed by atoms with van der Waals surface area (Å²) in [6, 6.07) is 0. The minimum Gasteiger partial charge on any atom is -0.388 e. The van der Waals surface area contributed by atoms with Crippen molar-refractivity contribution < 1.29 is 9.84 Å². The maximum atomic E-state index is 10.2. The van der Waals surface area contributed by atoms with Crippen LogP contribution >= 0.6 is 11.6 Å². The van der Waals surface area contributed by atoms with E-state index in [2.05, 4.69) is 15.3 Å². The average Bonchev–Trinajstić information content (AvgIpc) is 2.29. The van der Waals surface area contributed by atoms with E-state index in [1.165, 1.54) is 6.20 Å². The van der Waals surface area contributed by atoms with Crippen molar-refractivity contribution in [3.8, 4) is 0 Å². The highest BCUT2D eigenvalue weighted by Crippen LogP contribution is 2.22. The highest BCUT2D eigenvalue weighted by Gasteiger charge is 2.29.